The molecule has 86 valence electrons. The van der Waals surface area contributed by atoms with E-state index in [0.717, 1.165) is 0 Å². The highest BCUT2D eigenvalue weighted by atomic mass is 16.8. The van der Waals surface area contributed by atoms with Gasteiger partial charge in [-0.2, -0.15) is 0 Å². The maximum atomic E-state index is 5.24. The van der Waals surface area contributed by atoms with Gasteiger partial charge in [0.2, 0.25) is 0 Å². The topological polar surface area (TPSA) is 46.2 Å². The van der Waals surface area contributed by atoms with E-state index in [2.05, 4.69) is 0 Å². The van der Waals surface area contributed by atoms with E-state index >= 15 is 0 Å². The van der Waals surface area contributed by atoms with Gasteiger partial charge in [0.05, 0.1) is 26.4 Å². The summed E-state index contributed by atoms with van der Waals surface area (Å²) in [7, 11) is 3.23. The molecule has 0 aromatic heterocycles. The summed E-state index contributed by atoms with van der Waals surface area (Å²) in [5.74, 6) is 0. The van der Waals surface area contributed by atoms with E-state index in [4.69, 9.17) is 23.7 Å². The zero-order valence-electron chi connectivity index (χ0n) is 9.15. The third-order valence-electron chi connectivity index (χ3n) is 1.39. The van der Waals surface area contributed by atoms with Crippen molar-refractivity contribution in [3.05, 3.63) is 0 Å². The molecule has 0 saturated heterocycles. The highest BCUT2D eigenvalue weighted by Crippen LogP contribution is 1.97. The van der Waals surface area contributed by atoms with Crippen LogP contribution in [0.15, 0.2) is 0 Å². The fourth-order valence-electron chi connectivity index (χ4n) is 0.736. The summed E-state index contributed by atoms with van der Waals surface area (Å²) < 4.78 is 25.3. The standard InChI is InChI=1S/C9H20O5/c1-4-12-9(13-7-5-10-2)14-8-6-11-3/h9H,4-8H2,1-3H3. The molecule has 0 bridgehead atoms. The van der Waals surface area contributed by atoms with E-state index in [1.807, 2.05) is 6.92 Å². The number of hydrogen-bond acceptors (Lipinski definition) is 5. The Bertz CT molecular complexity index is 99.4. The Morgan fingerprint density at radius 1 is 0.786 bits per heavy atom. The molecule has 5 heteroatoms. The van der Waals surface area contributed by atoms with Crippen LogP contribution in [-0.4, -0.2) is 53.7 Å². The smallest absolute Gasteiger partial charge is 0.271 e. The van der Waals surface area contributed by atoms with Gasteiger partial charge in [-0.25, -0.2) is 0 Å². The van der Waals surface area contributed by atoms with Gasteiger partial charge in [0.1, 0.15) is 0 Å². The summed E-state index contributed by atoms with van der Waals surface area (Å²) in [6.45, 7) is 3.76. The van der Waals surface area contributed by atoms with E-state index < -0.39 is 6.48 Å². The molecule has 0 atom stereocenters. The molecule has 0 aromatic carbocycles. The fourth-order valence-corrected chi connectivity index (χ4v) is 0.736. The lowest BCUT2D eigenvalue weighted by atomic mass is 10.7. The van der Waals surface area contributed by atoms with Crippen molar-refractivity contribution < 1.29 is 23.7 Å². The third kappa shape index (κ3) is 8.40. The van der Waals surface area contributed by atoms with Crippen LogP contribution in [-0.2, 0) is 23.7 Å². The minimum Gasteiger partial charge on any atom is -0.382 e. The normalized spacial score (nSPS) is 11.1. The molecule has 0 aliphatic carbocycles. The van der Waals surface area contributed by atoms with Crippen LogP contribution in [0.4, 0.5) is 0 Å². The lowest BCUT2D eigenvalue weighted by Crippen LogP contribution is -2.24. The van der Waals surface area contributed by atoms with Gasteiger partial charge >= 0.3 is 0 Å². The summed E-state index contributed by atoms with van der Waals surface area (Å²) in [6, 6.07) is 0. The van der Waals surface area contributed by atoms with Crippen molar-refractivity contribution >= 4 is 0 Å². The molecule has 0 fully saturated rings. The highest BCUT2D eigenvalue weighted by molar-refractivity contribution is 4.31. The molecule has 14 heavy (non-hydrogen) atoms. The monoisotopic (exact) mass is 208 g/mol. The number of ether oxygens (including phenoxy) is 5. The van der Waals surface area contributed by atoms with Crippen molar-refractivity contribution in [2.24, 2.45) is 0 Å². The summed E-state index contributed by atoms with van der Waals surface area (Å²) in [4.78, 5) is 0. The van der Waals surface area contributed by atoms with Gasteiger partial charge in [-0.05, 0) is 6.92 Å². The maximum absolute atomic E-state index is 5.24. The highest BCUT2D eigenvalue weighted by Gasteiger charge is 2.07. The summed E-state index contributed by atoms with van der Waals surface area (Å²) >= 11 is 0. The van der Waals surface area contributed by atoms with Crippen LogP contribution in [0.5, 0.6) is 0 Å². The van der Waals surface area contributed by atoms with E-state index in [1.165, 1.54) is 0 Å². The largest absolute Gasteiger partial charge is 0.382 e. The number of methoxy groups -OCH3 is 2. The third-order valence-corrected chi connectivity index (χ3v) is 1.39. The van der Waals surface area contributed by atoms with Crippen LogP contribution in [0.1, 0.15) is 6.92 Å². The molecule has 0 spiro atoms. The Balaban J connectivity index is 3.44. The van der Waals surface area contributed by atoms with Gasteiger partial charge < -0.3 is 23.7 Å². The summed E-state index contributed by atoms with van der Waals surface area (Å²) in [5, 5.41) is 0. The minimum absolute atomic E-state index is 0.453. The van der Waals surface area contributed by atoms with Gasteiger partial charge in [0.15, 0.2) is 0 Å². The first-order valence-electron chi connectivity index (χ1n) is 4.67. The predicted molar refractivity (Wildman–Crippen MR) is 51.1 cm³/mol. The van der Waals surface area contributed by atoms with Crippen LogP contribution in [0.3, 0.4) is 0 Å². The second-order valence-corrected chi connectivity index (χ2v) is 2.47. The molecule has 5 nitrogen and oxygen atoms in total. The first-order valence-corrected chi connectivity index (χ1v) is 4.67. The summed E-state index contributed by atoms with van der Waals surface area (Å²) in [5.41, 5.74) is 0. The lowest BCUT2D eigenvalue weighted by Gasteiger charge is -2.17. The van der Waals surface area contributed by atoms with Gasteiger partial charge in [-0.3, -0.25) is 0 Å². The Labute approximate surface area is 85.2 Å². The fraction of sp³-hybridized carbons (Fsp3) is 1.00. The van der Waals surface area contributed by atoms with E-state index in [-0.39, 0.29) is 0 Å². The van der Waals surface area contributed by atoms with E-state index in [1.54, 1.807) is 14.2 Å². The van der Waals surface area contributed by atoms with Gasteiger partial charge in [-0.1, -0.05) is 0 Å². The van der Waals surface area contributed by atoms with Crippen molar-refractivity contribution in [1.29, 1.82) is 0 Å². The van der Waals surface area contributed by atoms with E-state index in [0.29, 0.717) is 33.0 Å². The van der Waals surface area contributed by atoms with Crippen molar-refractivity contribution in [2.75, 3.05) is 47.3 Å². The molecular weight excluding hydrogens is 188 g/mol. The average Bonchev–Trinajstić information content (AvgIpc) is 2.18. The zero-order valence-corrected chi connectivity index (χ0v) is 9.15. The molecule has 0 aliphatic rings. The maximum Gasteiger partial charge on any atom is 0.271 e. The molecule has 0 heterocycles. The van der Waals surface area contributed by atoms with Crippen LogP contribution < -0.4 is 0 Å². The average molecular weight is 208 g/mol. The zero-order chi connectivity index (χ0) is 10.6. The Kier molecular flexibility index (Phi) is 10.7. The quantitative estimate of drug-likeness (QED) is 0.389. The minimum atomic E-state index is -0.620. The SMILES string of the molecule is CCOC(OCCOC)OCCOC. The molecule has 0 saturated carbocycles. The first kappa shape index (κ1) is 13.8. The molecule has 0 unspecified atom stereocenters. The summed E-state index contributed by atoms with van der Waals surface area (Å²) in [6.07, 6.45) is 0. The first-order chi connectivity index (χ1) is 6.85. The van der Waals surface area contributed by atoms with Gasteiger partial charge in [0, 0.05) is 20.8 Å². The van der Waals surface area contributed by atoms with Crippen molar-refractivity contribution in [1.82, 2.24) is 0 Å². The molecule has 0 aromatic rings. The number of rotatable bonds is 10. The van der Waals surface area contributed by atoms with Crippen LogP contribution in [0, 0.1) is 0 Å². The Hall–Kier alpha value is -0.200. The molecule has 0 amide bonds. The number of hydrogen-bond donors (Lipinski definition) is 0. The van der Waals surface area contributed by atoms with Gasteiger partial charge in [0.25, 0.3) is 6.48 Å². The van der Waals surface area contributed by atoms with Crippen molar-refractivity contribution in [3.63, 3.8) is 0 Å². The Morgan fingerprint density at radius 2 is 1.29 bits per heavy atom. The van der Waals surface area contributed by atoms with Crippen LogP contribution in [0.2, 0.25) is 0 Å². The predicted octanol–water partition coefficient (Wildman–Crippen LogP) is 0.632. The second-order valence-electron chi connectivity index (χ2n) is 2.47. The van der Waals surface area contributed by atoms with Gasteiger partial charge in [-0.15, -0.1) is 0 Å². The van der Waals surface area contributed by atoms with E-state index in [9.17, 15) is 0 Å². The van der Waals surface area contributed by atoms with Crippen LogP contribution >= 0.6 is 0 Å². The molecule has 0 N–H and O–H groups in total. The van der Waals surface area contributed by atoms with Crippen LogP contribution in [0.25, 0.3) is 0 Å². The Morgan fingerprint density at radius 3 is 1.64 bits per heavy atom. The molecular formula is C9H20O5. The van der Waals surface area contributed by atoms with Crippen molar-refractivity contribution in [2.45, 2.75) is 13.4 Å². The second kappa shape index (κ2) is 10.9. The molecule has 0 aliphatic heterocycles. The molecule has 0 radical (unpaired) electrons. The lowest BCUT2D eigenvalue weighted by molar-refractivity contribution is -0.290. The molecule has 0 rings (SSSR count). The van der Waals surface area contributed by atoms with Crippen molar-refractivity contribution in [3.8, 4) is 0 Å².